The Morgan fingerprint density at radius 2 is 2.14 bits per heavy atom. The largest absolute Gasteiger partial charge is 0.362 e. The van der Waals surface area contributed by atoms with E-state index in [9.17, 15) is 8.78 Å². The lowest BCUT2D eigenvalue weighted by atomic mass is 10.5. The maximum absolute atomic E-state index is 11.7. The predicted octanol–water partition coefficient (Wildman–Crippen LogP) is 1.22. The summed E-state index contributed by atoms with van der Waals surface area (Å²) in [6, 6.07) is -2.92. The third-order valence-electron chi connectivity index (χ3n) is 0.629. The van der Waals surface area contributed by atoms with Crippen LogP contribution in [0.1, 0.15) is 0 Å². The van der Waals surface area contributed by atoms with Crippen LogP contribution in [0.3, 0.4) is 0 Å². The number of hydrogen-bond acceptors (Lipinski definition) is 1. The van der Waals surface area contributed by atoms with E-state index in [4.69, 9.17) is 0 Å². The van der Waals surface area contributed by atoms with Crippen LogP contribution in [0.5, 0.6) is 0 Å². The molecule has 0 spiro atoms. The molecule has 1 heterocycles. The molecule has 3 heteroatoms. The van der Waals surface area contributed by atoms with Crippen LogP contribution in [-0.2, 0) is 0 Å². The highest BCUT2D eigenvalue weighted by atomic mass is 19.3. The van der Waals surface area contributed by atoms with E-state index in [0.717, 1.165) is 12.3 Å². The molecule has 0 fully saturated rings. The molecule has 1 nitrogen and oxygen atoms in total. The van der Waals surface area contributed by atoms with E-state index < -0.39 is 6.05 Å². The summed E-state index contributed by atoms with van der Waals surface area (Å²) in [6.45, 7) is 0. The summed E-state index contributed by atoms with van der Waals surface area (Å²) in [5.74, 6) is 0. The van der Waals surface area contributed by atoms with Gasteiger partial charge in [0.05, 0.1) is 0 Å². The number of alkyl halides is 2. The number of allylic oxidation sites excluding steroid dienone is 1. The lowest BCUT2D eigenvalue weighted by Crippen LogP contribution is -2.02. The molecule has 0 aliphatic carbocycles. The molecule has 0 aromatic rings. The number of hydrogen-bond donors (Lipinski definition) is 0. The van der Waals surface area contributed by atoms with E-state index in [1.54, 1.807) is 0 Å². The van der Waals surface area contributed by atoms with Gasteiger partial charge < -0.3 is 0 Å². The fourth-order valence-electron chi connectivity index (χ4n) is 0.344. The smallest absolute Gasteiger partial charge is 0.221 e. The third-order valence-corrected chi connectivity index (χ3v) is 0.629. The van der Waals surface area contributed by atoms with Crippen molar-refractivity contribution in [2.45, 2.75) is 6.05 Å². The van der Waals surface area contributed by atoms with Crippen molar-refractivity contribution in [1.82, 2.24) is 0 Å². The van der Waals surface area contributed by atoms with Gasteiger partial charge in [0.25, 0.3) is 0 Å². The number of halogens is 2. The Morgan fingerprint density at radius 1 is 1.43 bits per heavy atom. The molecule has 0 atom stereocenters. The highest BCUT2D eigenvalue weighted by Crippen LogP contribution is 2.18. The van der Waals surface area contributed by atoms with Gasteiger partial charge in [-0.25, -0.2) is 4.99 Å². The number of rotatable bonds is 0. The van der Waals surface area contributed by atoms with E-state index >= 15 is 0 Å². The minimum Gasteiger partial charge on any atom is -0.221 e. The lowest BCUT2D eigenvalue weighted by molar-refractivity contribution is 0.0696. The Morgan fingerprint density at radius 3 is 2.29 bits per heavy atom. The van der Waals surface area contributed by atoms with Crippen molar-refractivity contribution in [2.75, 3.05) is 0 Å². The van der Waals surface area contributed by atoms with Crippen LogP contribution in [0.2, 0.25) is 0 Å². The average molecular weight is 103 g/mol. The number of aliphatic imine (C=N–C) groups is 1. The molecule has 0 unspecified atom stereocenters. The van der Waals surface area contributed by atoms with Crippen LogP contribution in [0, 0.1) is 0 Å². The Labute approximate surface area is 39.4 Å². The molecule has 1 rings (SSSR count). The maximum atomic E-state index is 11.7. The monoisotopic (exact) mass is 103 g/mol. The molecule has 38 valence electrons. The standard InChI is InChI=1S/C4H3F2N/c5-4(6)2-1-3-7-4/h1-3H. The van der Waals surface area contributed by atoms with E-state index in [-0.39, 0.29) is 0 Å². The molecule has 1 aliphatic rings. The van der Waals surface area contributed by atoms with Gasteiger partial charge in [0, 0.05) is 12.3 Å². The molecule has 0 bridgehead atoms. The molecule has 0 aromatic carbocycles. The Hall–Kier alpha value is -0.730. The molecule has 0 saturated carbocycles. The second-order valence-corrected chi connectivity index (χ2v) is 1.23. The Kier molecular flexibility index (Phi) is 0.708. The zero-order valence-electron chi connectivity index (χ0n) is 3.44. The Balaban J connectivity index is 2.77. The van der Waals surface area contributed by atoms with Crippen molar-refractivity contribution in [3.63, 3.8) is 0 Å². The van der Waals surface area contributed by atoms with Gasteiger partial charge in [-0.3, -0.25) is 0 Å². The van der Waals surface area contributed by atoms with Crippen LogP contribution >= 0.6 is 0 Å². The molecule has 7 heavy (non-hydrogen) atoms. The van der Waals surface area contributed by atoms with Gasteiger partial charge in [0.15, 0.2) is 0 Å². The summed E-state index contributed by atoms with van der Waals surface area (Å²) in [7, 11) is 0. The molecule has 1 aliphatic heterocycles. The summed E-state index contributed by atoms with van der Waals surface area (Å²) >= 11 is 0. The summed E-state index contributed by atoms with van der Waals surface area (Å²) in [6.07, 6.45) is 3.05. The van der Waals surface area contributed by atoms with Crippen LogP contribution in [-0.4, -0.2) is 12.3 Å². The topological polar surface area (TPSA) is 12.4 Å². The van der Waals surface area contributed by atoms with Crippen molar-refractivity contribution >= 4 is 6.21 Å². The first kappa shape index (κ1) is 4.43. The van der Waals surface area contributed by atoms with Crippen molar-refractivity contribution in [2.24, 2.45) is 4.99 Å². The first-order valence-electron chi connectivity index (χ1n) is 1.82. The Bertz CT molecular complexity index is 112. The fourth-order valence-corrected chi connectivity index (χ4v) is 0.344. The summed E-state index contributed by atoms with van der Waals surface area (Å²) in [5, 5.41) is 0. The minimum absolute atomic E-state index is 0.743. The van der Waals surface area contributed by atoms with Crippen molar-refractivity contribution in [1.29, 1.82) is 0 Å². The molecule has 0 amide bonds. The SMILES string of the molecule is FC1(F)C=CC=N1. The molecule has 0 aromatic heterocycles. The summed E-state index contributed by atoms with van der Waals surface area (Å²) in [4.78, 5) is 2.80. The van der Waals surface area contributed by atoms with Crippen LogP contribution in [0.15, 0.2) is 17.1 Å². The van der Waals surface area contributed by atoms with E-state index in [2.05, 4.69) is 4.99 Å². The fraction of sp³-hybridized carbons (Fsp3) is 0.250. The van der Waals surface area contributed by atoms with Gasteiger partial charge in [0.2, 0.25) is 0 Å². The van der Waals surface area contributed by atoms with Crippen molar-refractivity contribution in [3.8, 4) is 0 Å². The first-order chi connectivity index (χ1) is 3.21. The minimum atomic E-state index is -2.92. The lowest BCUT2D eigenvalue weighted by Gasteiger charge is -1.96. The van der Waals surface area contributed by atoms with Crippen molar-refractivity contribution < 1.29 is 8.78 Å². The molecule has 0 radical (unpaired) electrons. The third kappa shape index (κ3) is 0.824. The number of nitrogens with zero attached hydrogens (tertiary/aromatic N) is 1. The molecular weight excluding hydrogens is 100 g/mol. The van der Waals surface area contributed by atoms with E-state index in [1.165, 1.54) is 6.08 Å². The second-order valence-electron chi connectivity index (χ2n) is 1.23. The summed E-state index contributed by atoms with van der Waals surface area (Å²) in [5.41, 5.74) is 0. The highest BCUT2D eigenvalue weighted by Gasteiger charge is 2.23. The average Bonchev–Trinajstić information content (AvgIpc) is 1.84. The zero-order valence-corrected chi connectivity index (χ0v) is 3.44. The predicted molar refractivity (Wildman–Crippen MR) is 22.6 cm³/mol. The van der Waals surface area contributed by atoms with Gasteiger partial charge in [-0.1, -0.05) is 0 Å². The van der Waals surface area contributed by atoms with Crippen LogP contribution in [0.25, 0.3) is 0 Å². The second kappa shape index (κ2) is 1.12. The highest BCUT2D eigenvalue weighted by molar-refractivity contribution is 5.74. The van der Waals surface area contributed by atoms with Crippen LogP contribution < -0.4 is 0 Å². The van der Waals surface area contributed by atoms with E-state index in [0.29, 0.717) is 0 Å². The van der Waals surface area contributed by atoms with Crippen LogP contribution in [0.4, 0.5) is 8.78 Å². The maximum Gasteiger partial charge on any atom is 0.362 e. The van der Waals surface area contributed by atoms with Gasteiger partial charge in [-0.05, 0) is 6.08 Å². The van der Waals surface area contributed by atoms with Gasteiger partial charge in [-0.15, -0.1) is 0 Å². The van der Waals surface area contributed by atoms with Gasteiger partial charge >= 0.3 is 6.05 Å². The quantitative estimate of drug-likeness (QED) is 0.409. The normalized spacial score (nSPS) is 23.7. The molecular formula is C4H3F2N. The molecule has 0 saturated heterocycles. The van der Waals surface area contributed by atoms with Gasteiger partial charge in [-0.2, -0.15) is 8.78 Å². The van der Waals surface area contributed by atoms with Gasteiger partial charge in [0.1, 0.15) is 0 Å². The zero-order chi connectivity index (χ0) is 5.33. The first-order valence-corrected chi connectivity index (χ1v) is 1.82. The molecule has 0 N–H and O–H groups in total. The van der Waals surface area contributed by atoms with E-state index in [1.807, 2.05) is 0 Å². The summed E-state index contributed by atoms with van der Waals surface area (Å²) < 4.78 is 23.3. The van der Waals surface area contributed by atoms with Crippen molar-refractivity contribution in [3.05, 3.63) is 12.2 Å².